The number of fused-ring (bicyclic) bond motifs is 2. The molecule has 1 aliphatic heterocycles. The molecule has 0 saturated carbocycles. The summed E-state index contributed by atoms with van der Waals surface area (Å²) < 4.78 is 33.7. The van der Waals surface area contributed by atoms with Crippen LogP contribution < -0.4 is 9.46 Å². The molecule has 2 heterocycles. The number of hydrogen-bond acceptors (Lipinski definition) is 6. The fourth-order valence-electron chi connectivity index (χ4n) is 4.41. The van der Waals surface area contributed by atoms with Gasteiger partial charge in [-0.15, -0.1) is 0 Å². The standard InChI is InChI=1S/C26H25N3O5S/c1-34-22-7-4-18-5-8-23(14-21(18)13-22)35(32,33)27-15-20-10-11-29(26(20)31)16-17-2-3-19-6-9-25(30)28-24(19)12-17/h2-9,12-14,20,27H,10-11,15-16H2,1H3,(H,28,30)/t20-/m0/s1. The topological polar surface area (TPSA) is 109 Å². The molecule has 1 atom stereocenters. The first-order valence-electron chi connectivity index (χ1n) is 11.3. The second-order valence-electron chi connectivity index (χ2n) is 8.67. The van der Waals surface area contributed by atoms with Crippen LogP contribution in [-0.4, -0.2) is 49.5 Å². The van der Waals surface area contributed by atoms with Crippen LogP contribution in [0.5, 0.6) is 11.6 Å². The zero-order chi connectivity index (χ0) is 24.6. The molecule has 35 heavy (non-hydrogen) atoms. The number of ether oxygens (including phenoxy) is 1. The lowest BCUT2D eigenvalue weighted by Crippen LogP contribution is -2.34. The number of benzene rings is 3. The average molecular weight is 492 g/mol. The van der Waals surface area contributed by atoms with Gasteiger partial charge in [0.15, 0.2) is 0 Å². The number of likely N-dealkylation sites (tertiary alicyclic amines) is 1. The SMILES string of the molecule is COc1ccc2ccc(S(=O)(=O)NC[C@@H]3CCN(Cc4ccc5ccc(O)nc5c4)C3=O)cc2c1. The zero-order valence-electron chi connectivity index (χ0n) is 19.1. The summed E-state index contributed by atoms with van der Waals surface area (Å²) in [6.45, 7) is 0.995. The van der Waals surface area contributed by atoms with Gasteiger partial charge in [0, 0.05) is 31.1 Å². The van der Waals surface area contributed by atoms with Crippen LogP contribution in [0.2, 0.25) is 0 Å². The molecule has 0 spiro atoms. The molecule has 1 fully saturated rings. The van der Waals surface area contributed by atoms with Crippen LogP contribution >= 0.6 is 0 Å². The zero-order valence-corrected chi connectivity index (χ0v) is 20.0. The summed E-state index contributed by atoms with van der Waals surface area (Å²) in [6.07, 6.45) is 0.572. The maximum Gasteiger partial charge on any atom is 0.240 e. The largest absolute Gasteiger partial charge is 0.497 e. The minimum Gasteiger partial charge on any atom is -0.497 e. The summed E-state index contributed by atoms with van der Waals surface area (Å²) in [6, 6.07) is 19.4. The highest BCUT2D eigenvalue weighted by Gasteiger charge is 2.32. The third-order valence-corrected chi connectivity index (χ3v) is 7.79. The van der Waals surface area contributed by atoms with Gasteiger partial charge in [-0.25, -0.2) is 18.1 Å². The average Bonchev–Trinajstić information content (AvgIpc) is 3.20. The Hall–Kier alpha value is -3.69. The Labute approximate surface area is 203 Å². The van der Waals surface area contributed by atoms with Crippen LogP contribution in [0.3, 0.4) is 0 Å². The van der Waals surface area contributed by atoms with Gasteiger partial charge in [-0.05, 0) is 59.2 Å². The molecule has 180 valence electrons. The number of methoxy groups -OCH3 is 1. The number of carbonyl (C=O) groups is 1. The Morgan fingerprint density at radius 1 is 1.03 bits per heavy atom. The van der Waals surface area contributed by atoms with Crippen molar-refractivity contribution in [2.24, 2.45) is 5.92 Å². The van der Waals surface area contributed by atoms with Crippen LogP contribution in [0.25, 0.3) is 21.7 Å². The molecule has 1 aliphatic rings. The number of amides is 1. The van der Waals surface area contributed by atoms with Gasteiger partial charge in [0.1, 0.15) is 5.75 Å². The number of nitrogens with zero attached hydrogens (tertiary/aromatic N) is 2. The van der Waals surface area contributed by atoms with Gasteiger partial charge in [0.25, 0.3) is 0 Å². The molecule has 3 aromatic carbocycles. The van der Waals surface area contributed by atoms with Crippen molar-refractivity contribution in [3.8, 4) is 11.6 Å². The molecule has 0 unspecified atom stereocenters. The molecule has 0 bridgehead atoms. The summed E-state index contributed by atoms with van der Waals surface area (Å²) in [5, 5.41) is 12.2. The minimum atomic E-state index is -3.78. The molecule has 1 saturated heterocycles. The van der Waals surface area contributed by atoms with E-state index in [9.17, 15) is 18.3 Å². The Bertz CT molecular complexity index is 1540. The molecular formula is C26H25N3O5S. The van der Waals surface area contributed by atoms with E-state index >= 15 is 0 Å². The Kier molecular flexibility index (Phi) is 6.04. The van der Waals surface area contributed by atoms with Crippen molar-refractivity contribution < 1.29 is 23.1 Å². The van der Waals surface area contributed by atoms with Crippen molar-refractivity contribution in [3.05, 3.63) is 72.3 Å². The highest BCUT2D eigenvalue weighted by atomic mass is 32.2. The van der Waals surface area contributed by atoms with E-state index in [1.165, 1.54) is 6.07 Å². The summed E-state index contributed by atoms with van der Waals surface area (Å²) >= 11 is 0. The van der Waals surface area contributed by atoms with Gasteiger partial charge in [0.05, 0.1) is 23.4 Å². The molecule has 1 amide bonds. The maximum absolute atomic E-state index is 12.9. The summed E-state index contributed by atoms with van der Waals surface area (Å²) in [5.41, 5.74) is 1.56. The van der Waals surface area contributed by atoms with E-state index in [0.717, 1.165) is 21.7 Å². The quantitative estimate of drug-likeness (QED) is 0.410. The summed E-state index contributed by atoms with van der Waals surface area (Å²) in [5.74, 6) is 0.0910. The second kappa shape index (κ2) is 9.16. The van der Waals surface area contributed by atoms with E-state index in [2.05, 4.69) is 9.71 Å². The molecule has 0 aliphatic carbocycles. The number of carbonyl (C=O) groups excluding carboxylic acids is 1. The first-order chi connectivity index (χ1) is 16.8. The molecule has 4 aromatic rings. The van der Waals surface area contributed by atoms with Crippen molar-refractivity contribution in [3.63, 3.8) is 0 Å². The molecule has 8 nitrogen and oxygen atoms in total. The van der Waals surface area contributed by atoms with Crippen molar-refractivity contribution in [1.82, 2.24) is 14.6 Å². The van der Waals surface area contributed by atoms with Gasteiger partial charge >= 0.3 is 0 Å². The molecule has 1 aromatic heterocycles. The molecular weight excluding hydrogens is 466 g/mol. The lowest BCUT2D eigenvalue weighted by Gasteiger charge is -2.17. The fraction of sp³-hybridized carbons (Fsp3) is 0.231. The minimum absolute atomic E-state index is 0.0426. The summed E-state index contributed by atoms with van der Waals surface area (Å²) in [7, 11) is -2.22. The van der Waals surface area contributed by atoms with Gasteiger partial charge in [-0.2, -0.15) is 0 Å². The Balaban J connectivity index is 1.25. The van der Waals surface area contributed by atoms with Gasteiger partial charge in [-0.1, -0.05) is 24.3 Å². The fourth-order valence-corrected chi connectivity index (χ4v) is 5.53. The van der Waals surface area contributed by atoms with Crippen molar-refractivity contribution in [1.29, 1.82) is 0 Å². The van der Waals surface area contributed by atoms with E-state index < -0.39 is 15.9 Å². The van der Waals surface area contributed by atoms with Gasteiger partial charge < -0.3 is 14.7 Å². The van der Waals surface area contributed by atoms with Gasteiger partial charge in [0.2, 0.25) is 21.8 Å². The van der Waals surface area contributed by atoms with Gasteiger partial charge in [-0.3, -0.25) is 4.79 Å². The van der Waals surface area contributed by atoms with E-state index in [1.54, 1.807) is 42.3 Å². The van der Waals surface area contributed by atoms with Crippen molar-refractivity contribution in [2.45, 2.75) is 17.9 Å². The number of rotatable bonds is 7. The first kappa shape index (κ1) is 23.1. The highest BCUT2D eigenvalue weighted by Crippen LogP contribution is 2.25. The normalized spacial score (nSPS) is 16.3. The van der Waals surface area contributed by atoms with Crippen molar-refractivity contribution in [2.75, 3.05) is 20.2 Å². The third-order valence-electron chi connectivity index (χ3n) is 6.37. The molecule has 9 heteroatoms. The van der Waals surface area contributed by atoms with Crippen molar-refractivity contribution >= 4 is 37.6 Å². The van der Waals surface area contributed by atoms with Crippen LogP contribution in [0.15, 0.2) is 71.6 Å². The lowest BCUT2D eigenvalue weighted by atomic mass is 10.1. The Morgan fingerprint density at radius 2 is 1.80 bits per heavy atom. The van der Waals surface area contributed by atoms with E-state index in [0.29, 0.717) is 30.8 Å². The highest BCUT2D eigenvalue weighted by molar-refractivity contribution is 7.89. The monoisotopic (exact) mass is 491 g/mol. The summed E-state index contributed by atoms with van der Waals surface area (Å²) in [4.78, 5) is 18.9. The van der Waals surface area contributed by atoms with E-state index in [1.807, 2.05) is 30.3 Å². The molecule has 5 rings (SSSR count). The molecule has 2 N–H and O–H groups in total. The number of aromatic nitrogens is 1. The number of pyridine rings is 1. The predicted octanol–water partition coefficient (Wildman–Crippen LogP) is 3.43. The number of aromatic hydroxyl groups is 1. The Morgan fingerprint density at radius 3 is 2.63 bits per heavy atom. The van der Waals surface area contributed by atoms with Crippen LogP contribution in [-0.2, 0) is 21.4 Å². The van der Waals surface area contributed by atoms with Crippen LogP contribution in [0.1, 0.15) is 12.0 Å². The first-order valence-corrected chi connectivity index (χ1v) is 12.8. The van der Waals surface area contributed by atoms with E-state index in [-0.39, 0.29) is 23.2 Å². The second-order valence-corrected chi connectivity index (χ2v) is 10.4. The van der Waals surface area contributed by atoms with Crippen LogP contribution in [0.4, 0.5) is 0 Å². The number of sulfonamides is 1. The maximum atomic E-state index is 12.9. The van der Waals surface area contributed by atoms with E-state index in [4.69, 9.17) is 4.74 Å². The predicted molar refractivity (Wildman–Crippen MR) is 133 cm³/mol. The smallest absolute Gasteiger partial charge is 0.240 e. The number of nitrogens with one attached hydrogen (secondary N) is 1. The van der Waals surface area contributed by atoms with Crippen LogP contribution in [0, 0.1) is 5.92 Å². The lowest BCUT2D eigenvalue weighted by molar-refractivity contribution is -0.131. The molecule has 0 radical (unpaired) electrons. The number of hydrogen-bond donors (Lipinski definition) is 2. The third kappa shape index (κ3) is 4.78.